The minimum absolute atomic E-state index is 0.234. The number of hydrogen-bond acceptors (Lipinski definition) is 2. The molecular formula is C18H29NOS. The molecule has 0 saturated heterocycles. The molecule has 2 nitrogen and oxygen atoms in total. The van der Waals surface area contributed by atoms with Gasteiger partial charge in [-0.15, -0.1) is 0 Å². The summed E-state index contributed by atoms with van der Waals surface area (Å²) in [6.07, 6.45) is 3.47. The van der Waals surface area contributed by atoms with E-state index >= 15 is 0 Å². The smallest absolute Gasteiger partial charge is 0.0576 e. The standard InChI is InChI=1S/C18H29NOS/c1-12(2)15-7-9-17(19-5)18(11-15)21(20)16-8-6-13(3)14(4)10-16/h6,8,10,12,15,17-19H,7,9,11H2,1-5H3. The fraction of sp³-hybridized carbons (Fsp3) is 0.667. The van der Waals surface area contributed by atoms with Crippen LogP contribution in [0.5, 0.6) is 0 Å². The van der Waals surface area contributed by atoms with Crippen molar-refractivity contribution in [1.29, 1.82) is 0 Å². The van der Waals surface area contributed by atoms with Crippen LogP contribution in [0.15, 0.2) is 23.1 Å². The third kappa shape index (κ3) is 3.75. The first-order chi connectivity index (χ1) is 9.93. The van der Waals surface area contributed by atoms with Crippen LogP contribution in [0.1, 0.15) is 44.2 Å². The molecule has 4 atom stereocenters. The van der Waals surface area contributed by atoms with Gasteiger partial charge >= 0.3 is 0 Å². The SMILES string of the molecule is CNC1CCC(C(C)C)CC1S(=O)c1ccc(C)c(C)c1. The Balaban J connectivity index is 2.22. The van der Waals surface area contributed by atoms with Crippen molar-refractivity contribution in [2.75, 3.05) is 7.05 Å². The summed E-state index contributed by atoms with van der Waals surface area (Å²) < 4.78 is 13.1. The van der Waals surface area contributed by atoms with Crippen LogP contribution in [0, 0.1) is 25.7 Å². The second-order valence-corrected chi connectivity index (χ2v) is 8.47. The Kier molecular flexibility index (Phi) is 5.61. The molecule has 2 rings (SSSR count). The molecule has 1 fully saturated rings. The number of aryl methyl sites for hydroxylation is 2. The second-order valence-electron chi connectivity index (χ2n) is 6.79. The van der Waals surface area contributed by atoms with Gasteiger partial charge in [0, 0.05) is 10.9 Å². The maximum atomic E-state index is 13.1. The topological polar surface area (TPSA) is 29.1 Å². The van der Waals surface area contributed by atoms with Crippen LogP contribution in [0.25, 0.3) is 0 Å². The molecule has 1 aromatic rings. The van der Waals surface area contributed by atoms with Gasteiger partial charge in [-0.1, -0.05) is 19.9 Å². The van der Waals surface area contributed by atoms with Gasteiger partial charge in [-0.25, -0.2) is 0 Å². The Hall–Kier alpha value is -0.670. The third-order valence-electron chi connectivity index (χ3n) is 5.13. The second kappa shape index (κ2) is 7.06. The van der Waals surface area contributed by atoms with E-state index in [0.29, 0.717) is 17.9 Å². The Labute approximate surface area is 132 Å². The maximum Gasteiger partial charge on any atom is 0.0576 e. The van der Waals surface area contributed by atoms with E-state index in [4.69, 9.17) is 0 Å². The molecule has 0 aromatic heterocycles. The zero-order chi connectivity index (χ0) is 15.6. The van der Waals surface area contributed by atoms with E-state index in [1.54, 1.807) is 0 Å². The molecule has 0 radical (unpaired) electrons. The molecule has 0 amide bonds. The van der Waals surface area contributed by atoms with E-state index in [0.717, 1.165) is 17.7 Å². The van der Waals surface area contributed by atoms with Crippen LogP contribution >= 0.6 is 0 Å². The Morgan fingerprint density at radius 1 is 1.19 bits per heavy atom. The summed E-state index contributed by atoms with van der Waals surface area (Å²) in [7, 11) is 1.09. The predicted molar refractivity (Wildman–Crippen MR) is 91.1 cm³/mol. The van der Waals surface area contributed by atoms with Gasteiger partial charge in [-0.3, -0.25) is 4.21 Å². The van der Waals surface area contributed by atoms with Gasteiger partial charge < -0.3 is 5.32 Å². The van der Waals surface area contributed by atoms with E-state index in [2.05, 4.69) is 45.1 Å². The number of hydrogen-bond donors (Lipinski definition) is 1. The van der Waals surface area contributed by atoms with Gasteiger partial charge in [-0.2, -0.15) is 0 Å². The first-order valence-corrected chi connectivity index (χ1v) is 9.30. The third-order valence-corrected chi connectivity index (χ3v) is 6.92. The van der Waals surface area contributed by atoms with Crippen molar-refractivity contribution in [3.05, 3.63) is 29.3 Å². The van der Waals surface area contributed by atoms with Gasteiger partial charge in [0.2, 0.25) is 0 Å². The highest BCUT2D eigenvalue weighted by Gasteiger charge is 2.35. The Morgan fingerprint density at radius 2 is 1.90 bits per heavy atom. The van der Waals surface area contributed by atoms with Crippen LogP contribution in [0.3, 0.4) is 0 Å². The molecule has 4 unspecified atom stereocenters. The maximum absolute atomic E-state index is 13.1. The molecular weight excluding hydrogens is 278 g/mol. The van der Waals surface area contributed by atoms with E-state index < -0.39 is 10.8 Å². The molecule has 0 spiro atoms. The first kappa shape index (κ1) is 16.7. The summed E-state index contributed by atoms with van der Waals surface area (Å²) in [6, 6.07) is 6.63. The lowest BCUT2D eigenvalue weighted by Gasteiger charge is -2.37. The van der Waals surface area contributed by atoms with Crippen molar-refractivity contribution >= 4 is 10.8 Å². The predicted octanol–water partition coefficient (Wildman–Crippen LogP) is 3.82. The van der Waals surface area contributed by atoms with E-state index in [1.807, 2.05) is 13.1 Å². The molecule has 1 aromatic carbocycles. The number of benzene rings is 1. The monoisotopic (exact) mass is 307 g/mol. The lowest BCUT2D eigenvalue weighted by molar-refractivity contribution is 0.249. The fourth-order valence-electron chi connectivity index (χ4n) is 3.35. The average Bonchev–Trinajstić information content (AvgIpc) is 2.48. The summed E-state index contributed by atoms with van der Waals surface area (Å²) in [6.45, 7) is 8.79. The van der Waals surface area contributed by atoms with Gasteiger partial charge in [0.15, 0.2) is 0 Å². The van der Waals surface area contributed by atoms with Crippen molar-refractivity contribution in [2.45, 2.75) is 63.1 Å². The molecule has 0 bridgehead atoms. The van der Waals surface area contributed by atoms with Crippen LogP contribution < -0.4 is 5.32 Å². The van der Waals surface area contributed by atoms with Crippen molar-refractivity contribution in [3.8, 4) is 0 Å². The molecule has 21 heavy (non-hydrogen) atoms. The Bertz CT molecular complexity index is 512. The molecule has 118 valence electrons. The molecule has 1 saturated carbocycles. The minimum atomic E-state index is -0.918. The molecule has 1 aliphatic carbocycles. The molecule has 0 heterocycles. The summed E-state index contributed by atoms with van der Waals surface area (Å²) >= 11 is 0. The molecule has 0 aliphatic heterocycles. The first-order valence-electron chi connectivity index (χ1n) is 8.09. The Morgan fingerprint density at radius 3 is 2.48 bits per heavy atom. The minimum Gasteiger partial charge on any atom is -0.316 e. The largest absolute Gasteiger partial charge is 0.316 e. The number of rotatable bonds is 4. The highest BCUT2D eigenvalue weighted by atomic mass is 32.2. The molecule has 1 aliphatic rings. The zero-order valence-electron chi connectivity index (χ0n) is 14.0. The lowest BCUT2D eigenvalue weighted by atomic mass is 9.79. The summed E-state index contributed by atoms with van der Waals surface area (Å²) in [5, 5.41) is 3.63. The average molecular weight is 308 g/mol. The van der Waals surface area contributed by atoms with Crippen molar-refractivity contribution in [1.82, 2.24) is 5.32 Å². The van der Waals surface area contributed by atoms with Crippen molar-refractivity contribution < 1.29 is 4.21 Å². The van der Waals surface area contributed by atoms with Gasteiger partial charge in [0.05, 0.1) is 16.0 Å². The van der Waals surface area contributed by atoms with Gasteiger partial charge in [-0.05, 0) is 75.3 Å². The molecule has 1 N–H and O–H groups in total. The van der Waals surface area contributed by atoms with Crippen molar-refractivity contribution in [2.24, 2.45) is 11.8 Å². The summed E-state index contributed by atoms with van der Waals surface area (Å²) in [5.41, 5.74) is 2.50. The van der Waals surface area contributed by atoms with E-state index in [1.165, 1.54) is 17.5 Å². The highest BCUT2D eigenvalue weighted by molar-refractivity contribution is 7.85. The summed E-state index contributed by atoms with van der Waals surface area (Å²) in [4.78, 5) is 0.993. The normalized spacial score (nSPS) is 27.8. The fourth-order valence-corrected chi connectivity index (χ4v) is 5.18. The van der Waals surface area contributed by atoms with Crippen LogP contribution in [-0.2, 0) is 10.8 Å². The summed E-state index contributed by atoms with van der Waals surface area (Å²) in [5.74, 6) is 1.39. The van der Waals surface area contributed by atoms with E-state index in [-0.39, 0.29) is 5.25 Å². The number of nitrogens with one attached hydrogen (secondary N) is 1. The van der Waals surface area contributed by atoms with Gasteiger partial charge in [0.25, 0.3) is 0 Å². The van der Waals surface area contributed by atoms with Crippen molar-refractivity contribution in [3.63, 3.8) is 0 Å². The zero-order valence-corrected chi connectivity index (χ0v) is 14.8. The van der Waals surface area contributed by atoms with E-state index in [9.17, 15) is 4.21 Å². The van der Waals surface area contributed by atoms with Crippen LogP contribution in [-0.4, -0.2) is 22.5 Å². The lowest BCUT2D eigenvalue weighted by Crippen LogP contribution is -2.45. The van der Waals surface area contributed by atoms with Crippen LogP contribution in [0.4, 0.5) is 0 Å². The quantitative estimate of drug-likeness (QED) is 0.916. The highest BCUT2D eigenvalue weighted by Crippen LogP contribution is 2.34. The van der Waals surface area contributed by atoms with Gasteiger partial charge in [0.1, 0.15) is 0 Å². The molecule has 3 heteroatoms. The van der Waals surface area contributed by atoms with Crippen LogP contribution in [0.2, 0.25) is 0 Å².